The molecule has 1 aromatic heterocycles. The fourth-order valence-electron chi connectivity index (χ4n) is 1.76. The van der Waals surface area contributed by atoms with Gasteiger partial charge in [0.15, 0.2) is 0 Å². The van der Waals surface area contributed by atoms with Crippen molar-refractivity contribution in [3.63, 3.8) is 0 Å². The highest BCUT2D eigenvalue weighted by Gasteiger charge is 2.34. The van der Waals surface area contributed by atoms with Gasteiger partial charge in [-0.2, -0.15) is 0 Å². The predicted molar refractivity (Wildman–Crippen MR) is 65.7 cm³/mol. The van der Waals surface area contributed by atoms with Crippen molar-refractivity contribution in [1.82, 2.24) is 9.88 Å². The Morgan fingerprint density at radius 1 is 1.62 bits per heavy atom. The molecule has 2 rings (SSSR count). The summed E-state index contributed by atoms with van der Waals surface area (Å²) in [4.78, 5) is 6.79. The zero-order valence-electron chi connectivity index (χ0n) is 9.90. The molecule has 0 radical (unpaired) electrons. The van der Waals surface area contributed by atoms with Gasteiger partial charge in [-0.1, -0.05) is 0 Å². The van der Waals surface area contributed by atoms with Gasteiger partial charge in [0.25, 0.3) is 0 Å². The zero-order valence-corrected chi connectivity index (χ0v) is 10.7. The van der Waals surface area contributed by atoms with E-state index in [4.69, 9.17) is 10.5 Å². The molecule has 1 aliphatic rings. The second-order valence-electron chi connectivity index (χ2n) is 4.64. The third kappa shape index (κ3) is 2.60. The van der Waals surface area contributed by atoms with Crippen molar-refractivity contribution in [2.75, 3.05) is 33.9 Å². The minimum atomic E-state index is -0.340. The molecule has 0 amide bonds. The van der Waals surface area contributed by atoms with Crippen LogP contribution in [0.15, 0.2) is 5.38 Å². The molecular weight excluding hydrogens is 222 g/mol. The fraction of sp³-hybridized carbons (Fsp3) is 0.727. The molecule has 1 fully saturated rings. The van der Waals surface area contributed by atoms with E-state index in [-0.39, 0.29) is 5.54 Å². The van der Waals surface area contributed by atoms with Crippen molar-refractivity contribution in [3.8, 4) is 0 Å². The van der Waals surface area contributed by atoms with Crippen molar-refractivity contribution >= 4 is 11.3 Å². The molecule has 1 unspecified atom stereocenters. The number of likely N-dealkylation sites (N-methyl/N-ethyl adjacent to an activating group) is 1. The van der Waals surface area contributed by atoms with E-state index in [1.54, 1.807) is 11.3 Å². The highest BCUT2D eigenvalue weighted by molar-refractivity contribution is 7.09. The van der Waals surface area contributed by atoms with Gasteiger partial charge in [0.1, 0.15) is 0 Å². The first-order valence-electron chi connectivity index (χ1n) is 5.56. The van der Waals surface area contributed by atoms with Crippen LogP contribution in [0.5, 0.6) is 0 Å². The summed E-state index contributed by atoms with van der Waals surface area (Å²) < 4.78 is 5.35. The second-order valence-corrected chi connectivity index (χ2v) is 5.58. The Hall–Kier alpha value is -0.490. The topological polar surface area (TPSA) is 51.4 Å². The van der Waals surface area contributed by atoms with E-state index in [0.717, 1.165) is 31.7 Å². The molecule has 1 aromatic rings. The van der Waals surface area contributed by atoms with Gasteiger partial charge in [-0.05, 0) is 20.5 Å². The van der Waals surface area contributed by atoms with E-state index in [1.165, 1.54) is 5.01 Å². The first-order valence-corrected chi connectivity index (χ1v) is 6.44. The number of aromatic nitrogens is 1. The molecule has 1 aliphatic heterocycles. The molecule has 2 N–H and O–H groups in total. The number of thiazole rings is 1. The normalized spacial score (nSPS) is 25.5. The van der Waals surface area contributed by atoms with Gasteiger partial charge < -0.3 is 15.4 Å². The summed E-state index contributed by atoms with van der Waals surface area (Å²) in [5.41, 5.74) is 6.92. The number of hydrogen-bond donors (Lipinski definition) is 1. The molecule has 0 bridgehead atoms. The van der Waals surface area contributed by atoms with Crippen LogP contribution in [-0.4, -0.2) is 43.7 Å². The van der Waals surface area contributed by atoms with Crippen LogP contribution < -0.4 is 5.73 Å². The van der Waals surface area contributed by atoms with E-state index in [9.17, 15) is 0 Å². The molecular formula is C11H19N3OS. The Kier molecular flexibility index (Phi) is 3.59. The van der Waals surface area contributed by atoms with Crippen molar-refractivity contribution in [3.05, 3.63) is 16.1 Å². The average Bonchev–Trinajstić information content (AvgIpc) is 2.84. The van der Waals surface area contributed by atoms with Crippen LogP contribution in [0.1, 0.15) is 17.1 Å². The Morgan fingerprint density at radius 3 is 3.06 bits per heavy atom. The predicted octanol–water partition coefficient (Wildman–Crippen LogP) is 0.821. The summed E-state index contributed by atoms with van der Waals surface area (Å²) in [5.74, 6) is 0. The number of ether oxygens (including phenoxy) is 1. The SMILES string of the molecule is CN(C)CCc1nc(C2(N)CCOC2)cs1. The minimum Gasteiger partial charge on any atom is -0.379 e. The van der Waals surface area contributed by atoms with Gasteiger partial charge in [0, 0.05) is 25.0 Å². The maximum absolute atomic E-state index is 6.26. The van der Waals surface area contributed by atoms with Crippen LogP contribution in [0.4, 0.5) is 0 Å². The summed E-state index contributed by atoms with van der Waals surface area (Å²) in [6, 6.07) is 0. The molecule has 1 atom stereocenters. The van der Waals surface area contributed by atoms with Crippen LogP contribution >= 0.6 is 11.3 Å². The van der Waals surface area contributed by atoms with Crippen LogP contribution in [0.2, 0.25) is 0 Å². The van der Waals surface area contributed by atoms with Crippen molar-refractivity contribution in [1.29, 1.82) is 0 Å². The Balaban J connectivity index is 2.01. The lowest BCUT2D eigenvalue weighted by atomic mass is 9.97. The first kappa shape index (κ1) is 12.0. The minimum absolute atomic E-state index is 0.340. The lowest BCUT2D eigenvalue weighted by molar-refractivity contribution is 0.177. The van der Waals surface area contributed by atoms with Gasteiger partial charge in [-0.3, -0.25) is 0 Å². The molecule has 0 saturated carbocycles. The van der Waals surface area contributed by atoms with Crippen molar-refractivity contribution in [2.24, 2.45) is 5.73 Å². The van der Waals surface area contributed by atoms with Gasteiger partial charge in [0.2, 0.25) is 0 Å². The molecule has 0 spiro atoms. The van der Waals surface area contributed by atoms with E-state index >= 15 is 0 Å². The maximum atomic E-state index is 6.26. The van der Waals surface area contributed by atoms with Gasteiger partial charge in [-0.15, -0.1) is 11.3 Å². The number of nitrogens with zero attached hydrogens (tertiary/aromatic N) is 2. The quantitative estimate of drug-likeness (QED) is 0.848. The third-order valence-corrected chi connectivity index (χ3v) is 3.80. The maximum Gasteiger partial charge on any atom is 0.0941 e. The molecule has 90 valence electrons. The fourth-order valence-corrected chi connectivity index (χ4v) is 2.65. The van der Waals surface area contributed by atoms with Crippen LogP contribution in [0.25, 0.3) is 0 Å². The average molecular weight is 241 g/mol. The number of rotatable bonds is 4. The van der Waals surface area contributed by atoms with E-state index < -0.39 is 0 Å². The van der Waals surface area contributed by atoms with Gasteiger partial charge in [0.05, 0.1) is 22.8 Å². The zero-order chi connectivity index (χ0) is 11.6. The summed E-state index contributed by atoms with van der Waals surface area (Å²) in [6.45, 7) is 2.38. The molecule has 1 saturated heterocycles. The second kappa shape index (κ2) is 4.79. The number of hydrogen-bond acceptors (Lipinski definition) is 5. The van der Waals surface area contributed by atoms with Crippen LogP contribution in [-0.2, 0) is 16.7 Å². The molecule has 16 heavy (non-hydrogen) atoms. The summed E-state index contributed by atoms with van der Waals surface area (Å²) in [6.07, 6.45) is 1.87. The Bertz CT molecular complexity index is 345. The lowest BCUT2D eigenvalue weighted by Crippen LogP contribution is -2.37. The lowest BCUT2D eigenvalue weighted by Gasteiger charge is -2.18. The highest BCUT2D eigenvalue weighted by atomic mass is 32.1. The summed E-state index contributed by atoms with van der Waals surface area (Å²) in [5, 5.41) is 3.25. The largest absolute Gasteiger partial charge is 0.379 e. The summed E-state index contributed by atoms with van der Waals surface area (Å²) >= 11 is 1.70. The number of nitrogens with two attached hydrogens (primary N) is 1. The Morgan fingerprint density at radius 2 is 2.44 bits per heavy atom. The first-order chi connectivity index (χ1) is 7.60. The van der Waals surface area contributed by atoms with E-state index in [0.29, 0.717) is 6.61 Å². The monoisotopic (exact) mass is 241 g/mol. The van der Waals surface area contributed by atoms with Crippen LogP contribution in [0, 0.1) is 0 Å². The smallest absolute Gasteiger partial charge is 0.0941 e. The van der Waals surface area contributed by atoms with Crippen molar-refractivity contribution in [2.45, 2.75) is 18.4 Å². The molecule has 2 heterocycles. The molecule has 5 heteroatoms. The van der Waals surface area contributed by atoms with Crippen LogP contribution in [0.3, 0.4) is 0 Å². The highest BCUT2D eigenvalue weighted by Crippen LogP contribution is 2.28. The van der Waals surface area contributed by atoms with E-state index in [1.807, 2.05) is 0 Å². The summed E-state index contributed by atoms with van der Waals surface area (Å²) in [7, 11) is 4.15. The van der Waals surface area contributed by atoms with Gasteiger partial charge in [-0.25, -0.2) is 4.98 Å². The molecule has 4 nitrogen and oxygen atoms in total. The molecule has 0 aliphatic carbocycles. The van der Waals surface area contributed by atoms with Crippen molar-refractivity contribution < 1.29 is 4.74 Å². The molecule has 0 aromatic carbocycles. The Labute approximate surface area is 100 Å². The third-order valence-electron chi connectivity index (χ3n) is 2.89. The van der Waals surface area contributed by atoms with E-state index in [2.05, 4.69) is 29.4 Å². The standard InChI is InChI=1S/C11H19N3OS/c1-14(2)5-3-10-13-9(7-16-10)11(12)4-6-15-8-11/h7H,3-6,8,12H2,1-2H3. The van der Waals surface area contributed by atoms with Gasteiger partial charge >= 0.3 is 0 Å².